The highest BCUT2D eigenvalue weighted by Crippen LogP contribution is 2.60. The number of aryl methyl sites for hydroxylation is 2. The summed E-state index contributed by atoms with van der Waals surface area (Å²) >= 11 is 0. The van der Waals surface area contributed by atoms with Gasteiger partial charge in [-0.15, -0.1) is 0 Å². The van der Waals surface area contributed by atoms with Gasteiger partial charge >= 0.3 is 0 Å². The molecule has 4 aliphatic rings. The second kappa shape index (κ2) is 30.4. The summed E-state index contributed by atoms with van der Waals surface area (Å²) in [5.74, 6) is 2.51. The number of anilines is 6. The van der Waals surface area contributed by atoms with Crippen molar-refractivity contribution >= 4 is 34.1 Å². The molecule has 2 saturated heterocycles. The van der Waals surface area contributed by atoms with Crippen LogP contribution in [0.2, 0.25) is 0 Å². The van der Waals surface area contributed by atoms with Gasteiger partial charge in [-0.1, -0.05) is 159 Å². The van der Waals surface area contributed by atoms with Gasteiger partial charge in [-0.05, 0) is 251 Å². The van der Waals surface area contributed by atoms with Crippen molar-refractivity contribution in [3.05, 3.63) is 334 Å². The van der Waals surface area contributed by atoms with Gasteiger partial charge in [0.1, 0.15) is 47.8 Å². The summed E-state index contributed by atoms with van der Waals surface area (Å²) in [5, 5.41) is 0. The third-order valence-corrected chi connectivity index (χ3v) is 22.8. The molecule has 0 saturated carbocycles. The van der Waals surface area contributed by atoms with Crippen molar-refractivity contribution in [2.75, 3.05) is 89.1 Å². The van der Waals surface area contributed by atoms with Crippen molar-refractivity contribution in [3.8, 4) is 56.4 Å². The van der Waals surface area contributed by atoms with Gasteiger partial charge in [0.15, 0.2) is 0 Å². The van der Waals surface area contributed by atoms with E-state index in [2.05, 4.69) is 254 Å². The van der Waals surface area contributed by atoms with Crippen LogP contribution in [0.5, 0.6) is 23.0 Å². The Balaban J connectivity index is 0.767. The highest BCUT2D eigenvalue weighted by Gasteiger charge is 2.49. The summed E-state index contributed by atoms with van der Waals surface area (Å²) in [6, 6.07) is 92.9. The van der Waals surface area contributed by atoms with E-state index in [0.29, 0.717) is 102 Å². The van der Waals surface area contributed by atoms with E-state index in [1.807, 2.05) is 38.1 Å². The lowest BCUT2D eigenvalue weighted by atomic mass is 9.67. The van der Waals surface area contributed by atoms with Gasteiger partial charge in [-0.25, -0.2) is 8.78 Å². The quantitative estimate of drug-likeness (QED) is 0.0423. The summed E-state index contributed by atoms with van der Waals surface area (Å²) in [5.41, 5.74) is 19.4. The highest BCUT2D eigenvalue weighted by atomic mass is 19.1. The monoisotopic (exact) mass is 1440 g/mol. The predicted molar refractivity (Wildman–Crippen MR) is 427 cm³/mol. The van der Waals surface area contributed by atoms with Crippen LogP contribution < -0.4 is 28.7 Å². The summed E-state index contributed by atoms with van der Waals surface area (Å²) in [6.07, 6.45) is 1.96. The fraction of sp³-hybridized carbons (Fsp3) is 0.250. The largest absolute Gasteiger partial charge is 0.493 e. The molecule has 546 valence electrons. The number of ether oxygens (including phenoxy) is 8. The Kier molecular flexibility index (Phi) is 20.1. The maximum atomic E-state index is 16.2. The van der Waals surface area contributed by atoms with Crippen LogP contribution in [0, 0.1) is 36.3 Å². The van der Waals surface area contributed by atoms with E-state index < -0.39 is 10.8 Å². The molecular formula is C96H90F2N2O8. The van der Waals surface area contributed by atoms with E-state index >= 15 is 8.78 Å². The molecule has 2 heterocycles. The number of rotatable bonds is 29. The van der Waals surface area contributed by atoms with Crippen LogP contribution in [0.15, 0.2) is 267 Å². The zero-order chi connectivity index (χ0) is 74.0. The second-order valence-electron chi connectivity index (χ2n) is 29.1. The van der Waals surface area contributed by atoms with Gasteiger partial charge in [0.2, 0.25) is 0 Å². The fourth-order valence-electron chi connectivity index (χ4n) is 16.3. The molecule has 12 aromatic rings. The van der Waals surface area contributed by atoms with Crippen molar-refractivity contribution in [3.63, 3.8) is 0 Å². The van der Waals surface area contributed by atoms with Crippen molar-refractivity contribution in [2.24, 2.45) is 10.8 Å². The molecule has 0 spiro atoms. The maximum absolute atomic E-state index is 16.2. The lowest BCUT2D eigenvalue weighted by Gasteiger charge is -2.40. The van der Waals surface area contributed by atoms with E-state index in [9.17, 15) is 0 Å². The third-order valence-electron chi connectivity index (χ3n) is 22.8. The molecule has 2 unspecified atom stereocenters. The average Bonchev–Trinajstić information content (AvgIpc) is 1.53. The molecule has 108 heavy (non-hydrogen) atoms. The minimum Gasteiger partial charge on any atom is -0.493 e. The van der Waals surface area contributed by atoms with E-state index in [0.717, 1.165) is 136 Å². The number of hydrogen-bond acceptors (Lipinski definition) is 10. The lowest BCUT2D eigenvalue weighted by Crippen LogP contribution is -2.46. The topological polar surface area (TPSA) is 80.3 Å². The minimum atomic E-state index is -0.808. The predicted octanol–water partition coefficient (Wildman–Crippen LogP) is 22.4. The molecule has 12 heteroatoms. The molecule has 0 amide bonds. The van der Waals surface area contributed by atoms with Crippen LogP contribution in [0.3, 0.4) is 0 Å². The van der Waals surface area contributed by atoms with E-state index in [4.69, 9.17) is 37.9 Å². The molecule has 2 atom stereocenters. The Hall–Kier alpha value is -10.9. The molecule has 16 rings (SSSR count). The van der Waals surface area contributed by atoms with Crippen LogP contribution in [0.25, 0.3) is 33.4 Å². The molecule has 0 aromatic heterocycles. The zero-order valence-electron chi connectivity index (χ0n) is 62.2. The van der Waals surface area contributed by atoms with Crippen molar-refractivity contribution in [1.29, 1.82) is 0 Å². The highest BCUT2D eigenvalue weighted by molar-refractivity contribution is 5.92. The van der Waals surface area contributed by atoms with Gasteiger partial charge in [0.25, 0.3) is 0 Å². The normalized spacial score (nSPS) is 16.8. The number of benzene rings is 12. The maximum Gasteiger partial charge on any atom is 0.128 e. The lowest BCUT2D eigenvalue weighted by molar-refractivity contribution is -0.133. The first-order chi connectivity index (χ1) is 52.9. The number of hydrogen-bond donors (Lipinski definition) is 0. The molecule has 10 nitrogen and oxygen atoms in total. The Morgan fingerprint density at radius 1 is 0.324 bits per heavy atom. The van der Waals surface area contributed by atoms with Crippen molar-refractivity contribution in [2.45, 2.75) is 65.2 Å². The average molecular weight is 1440 g/mol. The molecule has 0 bridgehead atoms. The molecule has 12 aromatic carbocycles. The fourth-order valence-corrected chi connectivity index (χ4v) is 16.3. The first-order valence-corrected chi connectivity index (χ1v) is 37.9. The molecule has 0 N–H and O–H groups in total. The third kappa shape index (κ3) is 13.2. The van der Waals surface area contributed by atoms with Crippen LogP contribution in [-0.4, -0.2) is 79.3 Å². The first-order valence-electron chi connectivity index (χ1n) is 37.9. The summed E-state index contributed by atoms with van der Waals surface area (Å²) < 4.78 is 80.6. The smallest absolute Gasteiger partial charge is 0.128 e. The standard InChI is InChI=1S/C96H90F2N2O8/c1-7-93(59-103-60-93)63-107-81-45-29-71(30-46-81)95(69-25-41-79(42-26-69)105-53-51-101-9-3)87-17-13-11-15-83(87)85-49-39-75(55-89(85)95)99(77-33-19-65(5)91(97)57-77)73-35-21-67(22-36-73)68-23-37-74(38-24-68)100(78-34-20-66(6)92(98)58-78)76-40-50-86-84-16-12-14-18-88(84)96(90(86)56-76,70-27-43-80(44-28-70)106-54-52-102-10-4)72-31-47-82(48-32-72)108-64-94(8-2)61-104-62-94/h11-50,55-58H,7-10,51-54,59-64H2,1-6H3. The molecule has 2 fully saturated rings. The first kappa shape index (κ1) is 71.4. The summed E-state index contributed by atoms with van der Waals surface area (Å²) in [7, 11) is 0. The molecule has 2 aliphatic heterocycles. The zero-order valence-corrected chi connectivity index (χ0v) is 62.2. The van der Waals surface area contributed by atoms with E-state index in [1.54, 1.807) is 26.0 Å². The molecule has 0 radical (unpaired) electrons. The minimum absolute atomic E-state index is 0.0168. The summed E-state index contributed by atoms with van der Waals surface area (Å²) in [4.78, 5) is 4.30. The van der Waals surface area contributed by atoms with Crippen LogP contribution >= 0.6 is 0 Å². The van der Waals surface area contributed by atoms with Crippen molar-refractivity contribution in [1.82, 2.24) is 0 Å². The van der Waals surface area contributed by atoms with Crippen LogP contribution in [-0.2, 0) is 29.8 Å². The van der Waals surface area contributed by atoms with Crippen LogP contribution in [0.1, 0.15) is 96.2 Å². The van der Waals surface area contributed by atoms with Gasteiger partial charge in [-0.3, -0.25) is 0 Å². The van der Waals surface area contributed by atoms with E-state index in [1.165, 1.54) is 0 Å². The Labute approximate surface area is 633 Å². The molecule has 2 aliphatic carbocycles. The summed E-state index contributed by atoms with van der Waals surface area (Å²) in [6.45, 7) is 19.0. The Morgan fingerprint density at radius 3 is 0.963 bits per heavy atom. The van der Waals surface area contributed by atoms with Gasteiger partial charge in [0, 0.05) is 47.3 Å². The second-order valence-corrected chi connectivity index (χ2v) is 29.1. The number of nitrogens with zero attached hydrogens (tertiary/aromatic N) is 2. The number of fused-ring (bicyclic) bond motifs is 6. The Morgan fingerprint density at radius 2 is 0.639 bits per heavy atom. The van der Waals surface area contributed by atoms with Gasteiger partial charge in [-0.2, -0.15) is 0 Å². The van der Waals surface area contributed by atoms with Gasteiger partial charge < -0.3 is 47.7 Å². The van der Waals surface area contributed by atoms with Crippen molar-refractivity contribution < 1.29 is 46.7 Å². The SMILES string of the molecule is CCOCCOc1ccc(C2(c3ccc(OCC4(CC)COC4)cc3)c3ccccc3-c3ccc(N(c4ccc(-c5ccc(N(c6ccc(C)c(F)c6)c6ccc7c(c6)C(c6ccc(OCCOCC)cc6)(c6ccc(OCC8(CC)COC8)cc6)c6ccccc6-7)cc5)cc4)c4ccc(C)c(F)c4)cc32)cc1. The van der Waals surface area contributed by atoms with Gasteiger partial charge in [0.05, 0.1) is 74.5 Å². The Bertz CT molecular complexity index is 4840. The number of halogens is 2. The van der Waals surface area contributed by atoms with E-state index in [-0.39, 0.29) is 22.5 Å². The molecular weight excluding hydrogens is 1350 g/mol. The van der Waals surface area contributed by atoms with Crippen LogP contribution in [0.4, 0.5) is 42.9 Å².